The van der Waals surface area contributed by atoms with Crippen molar-refractivity contribution in [1.82, 2.24) is 4.90 Å². The van der Waals surface area contributed by atoms with Gasteiger partial charge in [0.1, 0.15) is 0 Å². The lowest BCUT2D eigenvalue weighted by atomic mass is 10.1. The summed E-state index contributed by atoms with van der Waals surface area (Å²) in [5.74, 6) is -1.19. The second kappa shape index (κ2) is 5.14. The van der Waals surface area contributed by atoms with Gasteiger partial charge in [0.05, 0.1) is 5.92 Å². The van der Waals surface area contributed by atoms with Gasteiger partial charge in [-0.25, -0.2) is 0 Å². The zero-order valence-electron chi connectivity index (χ0n) is 9.40. The number of carboxylic acid groups (broad SMARTS) is 1. The molecule has 0 spiro atoms. The molecule has 0 bridgehead atoms. The Bertz CT molecular complexity index is 248. The van der Waals surface area contributed by atoms with Crippen molar-refractivity contribution in [2.24, 2.45) is 5.92 Å². The van der Waals surface area contributed by atoms with Gasteiger partial charge >= 0.3 is 5.97 Å². The Morgan fingerprint density at radius 3 is 2.47 bits per heavy atom. The molecule has 4 nitrogen and oxygen atoms in total. The Labute approximate surface area is 90.3 Å². The summed E-state index contributed by atoms with van der Waals surface area (Å²) in [7, 11) is 0. The van der Waals surface area contributed by atoms with Crippen LogP contribution >= 0.6 is 0 Å². The lowest BCUT2D eigenvalue weighted by Crippen LogP contribution is -2.38. The maximum atomic E-state index is 11.7. The highest BCUT2D eigenvalue weighted by atomic mass is 16.4. The van der Waals surface area contributed by atoms with Crippen LogP contribution in [0.4, 0.5) is 0 Å². The average Bonchev–Trinajstić information content (AvgIpc) is 2.97. The molecule has 1 saturated carbocycles. The Balaban J connectivity index is 2.50. The van der Waals surface area contributed by atoms with E-state index in [1.54, 1.807) is 11.8 Å². The number of hydrogen-bond acceptors (Lipinski definition) is 2. The van der Waals surface area contributed by atoms with E-state index in [2.05, 4.69) is 0 Å². The highest BCUT2D eigenvalue weighted by Gasteiger charge is 2.33. The van der Waals surface area contributed by atoms with Crippen molar-refractivity contribution in [1.29, 1.82) is 0 Å². The van der Waals surface area contributed by atoms with Crippen LogP contribution in [0.25, 0.3) is 0 Å². The van der Waals surface area contributed by atoms with Gasteiger partial charge in [-0.15, -0.1) is 0 Å². The summed E-state index contributed by atoms with van der Waals surface area (Å²) in [6.45, 7) is 3.97. The molecular formula is C11H19NO3. The van der Waals surface area contributed by atoms with Crippen LogP contribution in [0, 0.1) is 5.92 Å². The highest BCUT2D eigenvalue weighted by molar-refractivity contribution is 5.78. The highest BCUT2D eigenvalue weighted by Crippen LogP contribution is 2.28. The zero-order chi connectivity index (χ0) is 11.4. The zero-order valence-corrected chi connectivity index (χ0v) is 9.40. The number of hydrogen-bond donors (Lipinski definition) is 1. The fraction of sp³-hybridized carbons (Fsp3) is 0.818. The summed E-state index contributed by atoms with van der Waals surface area (Å²) >= 11 is 0. The molecule has 1 aliphatic carbocycles. The van der Waals surface area contributed by atoms with Crippen LogP contribution < -0.4 is 0 Å². The Hall–Kier alpha value is -1.06. The molecule has 0 radical (unpaired) electrons. The largest absolute Gasteiger partial charge is 0.481 e. The van der Waals surface area contributed by atoms with Gasteiger partial charge in [-0.05, 0) is 19.3 Å². The average molecular weight is 213 g/mol. The summed E-state index contributed by atoms with van der Waals surface area (Å²) in [5, 5.41) is 8.81. The molecule has 0 aliphatic heterocycles. The summed E-state index contributed by atoms with van der Waals surface area (Å²) in [5.41, 5.74) is 0. The smallest absolute Gasteiger partial charge is 0.308 e. The molecule has 86 valence electrons. The Morgan fingerprint density at radius 1 is 1.47 bits per heavy atom. The molecule has 1 atom stereocenters. The van der Waals surface area contributed by atoms with Gasteiger partial charge in [0.2, 0.25) is 5.91 Å². The van der Waals surface area contributed by atoms with Crippen molar-refractivity contribution in [3.8, 4) is 0 Å². The molecule has 1 N–H and O–H groups in total. The van der Waals surface area contributed by atoms with Crippen LogP contribution in [0.3, 0.4) is 0 Å². The van der Waals surface area contributed by atoms with Gasteiger partial charge < -0.3 is 10.0 Å². The minimum Gasteiger partial charge on any atom is -0.481 e. The molecule has 15 heavy (non-hydrogen) atoms. The fourth-order valence-corrected chi connectivity index (χ4v) is 1.57. The van der Waals surface area contributed by atoms with Crippen LogP contribution in [0.5, 0.6) is 0 Å². The van der Waals surface area contributed by atoms with Crippen molar-refractivity contribution in [2.45, 2.75) is 45.6 Å². The van der Waals surface area contributed by atoms with E-state index < -0.39 is 11.9 Å². The molecular weight excluding hydrogens is 194 g/mol. The second-order valence-electron chi connectivity index (χ2n) is 4.27. The van der Waals surface area contributed by atoms with E-state index in [9.17, 15) is 9.59 Å². The van der Waals surface area contributed by atoms with E-state index in [0.717, 1.165) is 19.3 Å². The summed E-state index contributed by atoms with van der Waals surface area (Å²) < 4.78 is 0. The standard InChI is InChI=1S/C11H19NO3/c1-3-4-10(13)12(9-5-6-9)7-8(2)11(14)15/h8-9H,3-7H2,1-2H3,(H,14,15)/t8-/m1/s1. The van der Waals surface area contributed by atoms with Crippen LogP contribution in [0.15, 0.2) is 0 Å². The first kappa shape index (κ1) is 12.0. The first-order chi connectivity index (χ1) is 7.06. The van der Waals surface area contributed by atoms with E-state index in [0.29, 0.717) is 19.0 Å². The van der Waals surface area contributed by atoms with Crippen molar-refractivity contribution >= 4 is 11.9 Å². The number of nitrogens with zero attached hydrogens (tertiary/aromatic N) is 1. The third-order valence-electron chi connectivity index (χ3n) is 2.66. The molecule has 1 aliphatic rings. The topological polar surface area (TPSA) is 57.6 Å². The van der Waals surface area contributed by atoms with Crippen molar-refractivity contribution < 1.29 is 14.7 Å². The molecule has 1 fully saturated rings. The lowest BCUT2D eigenvalue weighted by molar-refractivity contribution is -0.143. The van der Waals surface area contributed by atoms with Crippen molar-refractivity contribution in [3.63, 3.8) is 0 Å². The predicted molar refractivity (Wildman–Crippen MR) is 56.4 cm³/mol. The second-order valence-corrected chi connectivity index (χ2v) is 4.27. The number of carbonyl (C=O) groups excluding carboxylic acids is 1. The van der Waals surface area contributed by atoms with E-state index in [4.69, 9.17) is 5.11 Å². The Morgan fingerprint density at radius 2 is 2.07 bits per heavy atom. The predicted octanol–water partition coefficient (Wildman–Crippen LogP) is 1.50. The number of amides is 1. The van der Waals surface area contributed by atoms with Crippen molar-refractivity contribution in [2.75, 3.05) is 6.54 Å². The summed E-state index contributed by atoms with van der Waals surface area (Å²) in [6.07, 6.45) is 3.41. The first-order valence-electron chi connectivity index (χ1n) is 5.58. The van der Waals surface area contributed by atoms with Crippen LogP contribution in [0.2, 0.25) is 0 Å². The van der Waals surface area contributed by atoms with Gasteiger partial charge in [-0.1, -0.05) is 13.8 Å². The van der Waals surface area contributed by atoms with E-state index in [-0.39, 0.29) is 5.91 Å². The minimum atomic E-state index is -0.829. The third-order valence-corrected chi connectivity index (χ3v) is 2.66. The lowest BCUT2D eigenvalue weighted by Gasteiger charge is -2.24. The maximum absolute atomic E-state index is 11.7. The SMILES string of the molecule is CCCC(=O)N(C[C@@H](C)C(=O)O)C1CC1. The minimum absolute atomic E-state index is 0.105. The maximum Gasteiger partial charge on any atom is 0.308 e. The van der Waals surface area contributed by atoms with E-state index in [1.807, 2.05) is 6.92 Å². The van der Waals surface area contributed by atoms with E-state index >= 15 is 0 Å². The summed E-state index contributed by atoms with van der Waals surface area (Å²) in [4.78, 5) is 24.2. The van der Waals surface area contributed by atoms with E-state index in [1.165, 1.54) is 0 Å². The molecule has 0 aromatic heterocycles. The molecule has 1 amide bonds. The third kappa shape index (κ3) is 3.53. The fourth-order valence-electron chi connectivity index (χ4n) is 1.57. The van der Waals surface area contributed by atoms with Gasteiger partial charge in [-0.3, -0.25) is 9.59 Å². The molecule has 0 heterocycles. The van der Waals surface area contributed by atoms with Gasteiger partial charge in [0, 0.05) is 19.0 Å². The normalized spacial score (nSPS) is 17.2. The monoisotopic (exact) mass is 213 g/mol. The molecule has 0 aromatic rings. The molecule has 1 rings (SSSR count). The molecule has 0 unspecified atom stereocenters. The van der Waals surface area contributed by atoms with Crippen molar-refractivity contribution in [3.05, 3.63) is 0 Å². The molecule has 0 aromatic carbocycles. The molecule has 0 saturated heterocycles. The summed E-state index contributed by atoms with van der Waals surface area (Å²) in [6, 6.07) is 0.311. The van der Waals surface area contributed by atoms with Gasteiger partial charge in [0.15, 0.2) is 0 Å². The first-order valence-corrected chi connectivity index (χ1v) is 5.58. The quantitative estimate of drug-likeness (QED) is 0.727. The Kier molecular flexibility index (Phi) is 4.12. The number of carbonyl (C=O) groups is 2. The van der Waals surface area contributed by atoms with Gasteiger partial charge in [0.25, 0.3) is 0 Å². The van der Waals surface area contributed by atoms with Crippen LogP contribution in [-0.4, -0.2) is 34.5 Å². The van der Waals surface area contributed by atoms with Gasteiger partial charge in [-0.2, -0.15) is 0 Å². The number of rotatable bonds is 6. The van der Waals surface area contributed by atoms with Crippen LogP contribution in [-0.2, 0) is 9.59 Å². The molecule has 4 heteroatoms. The number of carboxylic acids is 1. The van der Waals surface area contributed by atoms with Crippen LogP contribution in [0.1, 0.15) is 39.5 Å². The number of aliphatic carboxylic acids is 1.